The molecule has 1 atom stereocenters. The van der Waals surface area contributed by atoms with Gasteiger partial charge in [-0.25, -0.2) is 4.98 Å². The van der Waals surface area contributed by atoms with Gasteiger partial charge in [-0.15, -0.1) is 11.3 Å². The number of benzene rings is 1. The second-order valence-electron chi connectivity index (χ2n) is 4.94. The van der Waals surface area contributed by atoms with E-state index in [1.165, 1.54) is 0 Å². The maximum Gasteiger partial charge on any atom is 0.193 e. The van der Waals surface area contributed by atoms with Crippen LogP contribution >= 0.6 is 11.3 Å². The number of aromatic nitrogens is 2. The van der Waals surface area contributed by atoms with Gasteiger partial charge >= 0.3 is 0 Å². The largest absolute Gasteiger partial charge is 0.487 e. The fraction of sp³-hybridized carbons (Fsp3) is 0.267. The number of imidazole rings is 1. The fourth-order valence-electron chi connectivity index (χ4n) is 2.14. The van der Waals surface area contributed by atoms with Crippen molar-refractivity contribution in [2.75, 3.05) is 0 Å². The molecule has 2 aromatic heterocycles. The average Bonchev–Trinajstić information content (AvgIpc) is 2.96. The smallest absolute Gasteiger partial charge is 0.193 e. The van der Waals surface area contributed by atoms with Crippen LogP contribution in [0.4, 0.5) is 0 Å². The number of rotatable bonds is 4. The highest BCUT2D eigenvalue weighted by molar-refractivity contribution is 7.15. The Bertz CT molecular complexity index is 701. The van der Waals surface area contributed by atoms with Gasteiger partial charge in [-0.3, -0.25) is 4.40 Å². The molecular weight excluding hydrogens is 270 g/mol. The van der Waals surface area contributed by atoms with E-state index in [0.717, 1.165) is 27.5 Å². The number of nitrogens with zero attached hydrogens (tertiary/aromatic N) is 2. The molecule has 0 spiro atoms. The molecule has 0 unspecified atom stereocenters. The van der Waals surface area contributed by atoms with Crippen molar-refractivity contribution in [3.05, 3.63) is 52.8 Å². The monoisotopic (exact) mass is 287 g/mol. The molecule has 0 bridgehead atoms. The summed E-state index contributed by atoms with van der Waals surface area (Å²) in [5, 5.41) is 2.02. The summed E-state index contributed by atoms with van der Waals surface area (Å²) < 4.78 is 7.92. The number of thiazole rings is 1. The summed E-state index contributed by atoms with van der Waals surface area (Å²) in [5.74, 6) is 0.844. The van der Waals surface area contributed by atoms with Crippen molar-refractivity contribution >= 4 is 16.3 Å². The summed E-state index contributed by atoms with van der Waals surface area (Å²) in [6, 6.07) is 6.06. The first-order chi connectivity index (χ1) is 9.63. The zero-order chi connectivity index (χ0) is 14.1. The van der Waals surface area contributed by atoms with Crippen molar-refractivity contribution < 1.29 is 4.74 Å². The molecule has 0 aliphatic heterocycles. The van der Waals surface area contributed by atoms with Crippen LogP contribution in [0.15, 0.2) is 36.0 Å². The molecule has 3 rings (SSSR count). The predicted molar refractivity (Wildman–Crippen MR) is 81.2 cm³/mol. The minimum absolute atomic E-state index is 0.0453. The summed E-state index contributed by atoms with van der Waals surface area (Å²) >= 11 is 1.62. The average molecular weight is 287 g/mol. The van der Waals surface area contributed by atoms with E-state index in [-0.39, 0.29) is 6.04 Å². The zero-order valence-corrected chi connectivity index (χ0v) is 12.4. The first-order valence-electron chi connectivity index (χ1n) is 6.53. The lowest BCUT2D eigenvalue weighted by Gasteiger charge is -2.14. The Balaban J connectivity index is 1.80. The van der Waals surface area contributed by atoms with Gasteiger partial charge in [-0.2, -0.15) is 0 Å². The molecule has 20 heavy (non-hydrogen) atoms. The Morgan fingerprint density at radius 3 is 3.05 bits per heavy atom. The zero-order valence-electron chi connectivity index (χ0n) is 11.5. The number of aryl methyl sites for hydroxylation is 1. The summed E-state index contributed by atoms with van der Waals surface area (Å²) in [6.07, 6.45) is 3.99. The molecule has 4 nitrogen and oxygen atoms in total. The highest BCUT2D eigenvalue weighted by Crippen LogP contribution is 2.26. The van der Waals surface area contributed by atoms with Gasteiger partial charge in [-0.1, -0.05) is 12.1 Å². The lowest BCUT2D eigenvalue weighted by molar-refractivity contribution is 0.297. The van der Waals surface area contributed by atoms with Crippen LogP contribution in [0, 0.1) is 6.92 Å². The maximum atomic E-state index is 5.98. The molecule has 0 fully saturated rings. The normalized spacial score (nSPS) is 12.8. The number of fused-ring (bicyclic) bond motifs is 1. The van der Waals surface area contributed by atoms with E-state index in [4.69, 9.17) is 10.5 Å². The van der Waals surface area contributed by atoms with E-state index in [2.05, 4.69) is 11.1 Å². The van der Waals surface area contributed by atoms with Crippen LogP contribution in [0.5, 0.6) is 5.75 Å². The molecule has 1 aromatic carbocycles. The second kappa shape index (κ2) is 5.26. The van der Waals surface area contributed by atoms with Gasteiger partial charge in [0, 0.05) is 29.4 Å². The third kappa shape index (κ3) is 2.55. The third-order valence-corrected chi connectivity index (χ3v) is 3.95. The first-order valence-corrected chi connectivity index (χ1v) is 7.41. The molecule has 104 valence electrons. The predicted octanol–water partition coefficient (Wildman–Crippen LogP) is 3.30. The van der Waals surface area contributed by atoms with Crippen LogP contribution in [0.25, 0.3) is 4.96 Å². The quantitative estimate of drug-likeness (QED) is 0.801. The molecular formula is C15H17N3OS. The molecule has 0 saturated heterocycles. The Morgan fingerprint density at radius 2 is 2.30 bits per heavy atom. The summed E-state index contributed by atoms with van der Waals surface area (Å²) in [4.78, 5) is 5.50. The molecule has 0 amide bonds. The summed E-state index contributed by atoms with van der Waals surface area (Å²) in [7, 11) is 0. The molecule has 3 aromatic rings. The van der Waals surface area contributed by atoms with E-state index in [1.807, 2.05) is 48.2 Å². The van der Waals surface area contributed by atoms with Crippen LogP contribution in [-0.4, -0.2) is 9.38 Å². The Morgan fingerprint density at radius 1 is 1.45 bits per heavy atom. The molecule has 2 N–H and O–H groups in total. The highest BCUT2D eigenvalue weighted by Gasteiger charge is 2.10. The van der Waals surface area contributed by atoms with Crippen molar-refractivity contribution in [1.29, 1.82) is 0 Å². The van der Waals surface area contributed by atoms with Crippen molar-refractivity contribution in [2.24, 2.45) is 5.73 Å². The van der Waals surface area contributed by atoms with Crippen molar-refractivity contribution in [3.63, 3.8) is 0 Å². The lowest BCUT2D eigenvalue weighted by Crippen LogP contribution is -2.08. The van der Waals surface area contributed by atoms with Crippen molar-refractivity contribution in [3.8, 4) is 5.75 Å². The Labute approximate surface area is 121 Å². The van der Waals surface area contributed by atoms with Gasteiger partial charge < -0.3 is 10.5 Å². The molecule has 0 saturated carbocycles. The Hall–Kier alpha value is -1.85. The minimum Gasteiger partial charge on any atom is -0.487 e. The molecule has 5 heteroatoms. The molecule has 0 aliphatic rings. The first kappa shape index (κ1) is 13.1. The topological polar surface area (TPSA) is 52.5 Å². The van der Waals surface area contributed by atoms with Crippen LogP contribution in [-0.2, 0) is 6.61 Å². The van der Waals surface area contributed by atoms with Gasteiger partial charge in [-0.05, 0) is 25.5 Å². The van der Waals surface area contributed by atoms with Crippen LogP contribution in [0.1, 0.15) is 29.8 Å². The fourth-order valence-corrected chi connectivity index (χ4v) is 2.86. The van der Waals surface area contributed by atoms with E-state index in [9.17, 15) is 0 Å². The maximum absolute atomic E-state index is 5.98. The van der Waals surface area contributed by atoms with E-state index < -0.39 is 0 Å². The van der Waals surface area contributed by atoms with E-state index >= 15 is 0 Å². The second-order valence-corrected chi connectivity index (χ2v) is 5.82. The summed E-state index contributed by atoms with van der Waals surface area (Å²) in [5.41, 5.74) is 9.09. The number of nitrogens with two attached hydrogens (primary N) is 1. The van der Waals surface area contributed by atoms with Gasteiger partial charge in [0.2, 0.25) is 0 Å². The number of ether oxygens (including phenoxy) is 1. The van der Waals surface area contributed by atoms with Crippen molar-refractivity contribution in [1.82, 2.24) is 9.38 Å². The van der Waals surface area contributed by atoms with E-state index in [1.54, 1.807) is 11.3 Å². The van der Waals surface area contributed by atoms with E-state index in [0.29, 0.717) is 6.61 Å². The SMILES string of the molecule is Cc1ccc([C@H](C)N)c(OCc2cn3ccsc3n2)c1. The van der Waals surface area contributed by atoms with Crippen LogP contribution < -0.4 is 10.5 Å². The highest BCUT2D eigenvalue weighted by atomic mass is 32.1. The van der Waals surface area contributed by atoms with Crippen LogP contribution in [0.3, 0.4) is 0 Å². The van der Waals surface area contributed by atoms with Gasteiger partial charge in [0.25, 0.3) is 0 Å². The van der Waals surface area contributed by atoms with Gasteiger partial charge in [0.15, 0.2) is 4.96 Å². The molecule has 2 heterocycles. The lowest BCUT2D eigenvalue weighted by atomic mass is 10.1. The third-order valence-electron chi connectivity index (χ3n) is 3.18. The number of hydrogen-bond donors (Lipinski definition) is 1. The number of hydrogen-bond acceptors (Lipinski definition) is 4. The molecule has 0 radical (unpaired) electrons. The van der Waals surface area contributed by atoms with Gasteiger partial charge in [0.1, 0.15) is 12.4 Å². The van der Waals surface area contributed by atoms with Crippen LogP contribution in [0.2, 0.25) is 0 Å². The minimum atomic E-state index is -0.0453. The Kier molecular flexibility index (Phi) is 3.46. The summed E-state index contributed by atoms with van der Waals surface area (Å²) in [6.45, 7) is 4.46. The van der Waals surface area contributed by atoms with Crippen molar-refractivity contribution in [2.45, 2.75) is 26.5 Å². The van der Waals surface area contributed by atoms with Gasteiger partial charge in [0.05, 0.1) is 5.69 Å². The molecule has 0 aliphatic carbocycles. The standard InChI is InChI=1S/C15H17N3OS/c1-10-3-4-13(11(2)16)14(7-10)19-9-12-8-18-5-6-20-15(18)17-12/h3-8,11H,9,16H2,1-2H3/t11-/m0/s1.